The second-order valence-electron chi connectivity index (χ2n) is 4.17. The van der Waals surface area contributed by atoms with Gasteiger partial charge >= 0.3 is 0 Å². The predicted molar refractivity (Wildman–Crippen MR) is 78.6 cm³/mol. The quantitative estimate of drug-likeness (QED) is 0.902. The minimum absolute atomic E-state index is 0.0418. The Morgan fingerprint density at radius 1 is 1.30 bits per heavy atom. The lowest BCUT2D eigenvalue weighted by molar-refractivity contribution is 0.272. The van der Waals surface area contributed by atoms with E-state index in [1.54, 1.807) is 13.1 Å². The van der Waals surface area contributed by atoms with Crippen LogP contribution in [0.1, 0.15) is 5.69 Å². The maximum Gasteiger partial charge on any atom is 0.263 e. The van der Waals surface area contributed by atoms with Crippen molar-refractivity contribution in [3.05, 3.63) is 46.2 Å². The average Bonchev–Trinajstić information content (AvgIpc) is 2.76. The van der Waals surface area contributed by atoms with Crippen LogP contribution in [0.2, 0.25) is 10.0 Å². The molecule has 0 fully saturated rings. The van der Waals surface area contributed by atoms with Crippen molar-refractivity contribution in [2.75, 3.05) is 4.72 Å². The number of anilines is 1. The molecule has 0 bridgehead atoms. The number of nitrogens with one attached hydrogen (secondary N) is 1. The van der Waals surface area contributed by atoms with E-state index in [1.807, 2.05) is 0 Å². The van der Waals surface area contributed by atoms with Crippen LogP contribution in [0.3, 0.4) is 0 Å². The molecule has 0 amide bonds. The van der Waals surface area contributed by atoms with Gasteiger partial charge in [-0.25, -0.2) is 8.42 Å². The molecular weight excluding hydrogens is 323 g/mol. The van der Waals surface area contributed by atoms with Crippen LogP contribution in [0.25, 0.3) is 0 Å². The molecule has 8 heteroatoms. The number of aromatic nitrogens is 1. The number of aliphatic hydroxyl groups excluding tert-OH is 1. The summed E-state index contributed by atoms with van der Waals surface area (Å²) in [5, 5.41) is 9.71. The summed E-state index contributed by atoms with van der Waals surface area (Å²) in [7, 11) is -2.14. The molecule has 1 aromatic heterocycles. The van der Waals surface area contributed by atoms with Crippen molar-refractivity contribution in [3.63, 3.8) is 0 Å². The highest BCUT2D eigenvalue weighted by Crippen LogP contribution is 2.28. The van der Waals surface area contributed by atoms with Crippen LogP contribution in [-0.4, -0.2) is 18.1 Å². The van der Waals surface area contributed by atoms with Gasteiger partial charge < -0.3 is 9.67 Å². The van der Waals surface area contributed by atoms with Gasteiger partial charge in [-0.05, 0) is 24.3 Å². The molecule has 0 aliphatic heterocycles. The van der Waals surface area contributed by atoms with Gasteiger partial charge in [0.05, 0.1) is 17.3 Å². The van der Waals surface area contributed by atoms with E-state index in [0.29, 0.717) is 10.7 Å². The lowest BCUT2D eigenvalue weighted by Crippen LogP contribution is -2.12. The van der Waals surface area contributed by atoms with Crippen molar-refractivity contribution in [3.8, 4) is 0 Å². The summed E-state index contributed by atoms with van der Waals surface area (Å²) in [6.07, 6.45) is 1.41. The highest BCUT2D eigenvalue weighted by molar-refractivity contribution is 7.92. The molecule has 0 unspecified atom stereocenters. The van der Waals surface area contributed by atoms with Crippen LogP contribution in [0.5, 0.6) is 0 Å². The number of nitrogens with zero attached hydrogens (tertiary/aromatic N) is 1. The second kappa shape index (κ2) is 5.65. The Balaban J connectivity index is 2.37. The zero-order valence-corrected chi connectivity index (χ0v) is 12.8. The smallest absolute Gasteiger partial charge is 0.263 e. The van der Waals surface area contributed by atoms with E-state index in [-0.39, 0.29) is 22.2 Å². The molecule has 5 nitrogen and oxygen atoms in total. The van der Waals surface area contributed by atoms with E-state index >= 15 is 0 Å². The summed E-state index contributed by atoms with van der Waals surface area (Å²) in [5.74, 6) is 0. The maximum absolute atomic E-state index is 12.2. The molecule has 0 spiro atoms. The normalized spacial score (nSPS) is 11.6. The molecular formula is C12H12Cl2N2O3S. The summed E-state index contributed by atoms with van der Waals surface area (Å²) < 4.78 is 28.4. The van der Waals surface area contributed by atoms with E-state index in [2.05, 4.69) is 4.72 Å². The van der Waals surface area contributed by atoms with Gasteiger partial charge in [-0.15, -0.1) is 0 Å². The number of halogens is 2. The first-order chi connectivity index (χ1) is 9.33. The first-order valence-electron chi connectivity index (χ1n) is 5.57. The molecule has 0 aliphatic carbocycles. The van der Waals surface area contributed by atoms with Crippen molar-refractivity contribution < 1.29 is 13.5 Å². The molecule has 1 aromatic carbocycles. The van der Waals surface area contributed by atoms with E-state index in [1.165, 1.54) is 29.0 Å². The van der Waals surface area contributed by atoms with Crippen LogP contribution in [0.4, 0.5) is 5.69 Å². The Labute approximate surface area is 126 Å². The van der Waals surface area contributed by atoms with Crippen LogP contribution < -0.4 is 4.72 Å². The van der Waals surface area contributed by atoms with Crippen molar-refractivity contribution in [1.82, 2.24) is 4.57 Å². The van der Waals surface area contributed by atoms with Gasteiger partial charge in [0.1, 0.15) is 4.90 Å². The monoisotopic (exact) mass is 334 g/mol. The largest absolute Gasteiger partial charge is 0.390 e. The number of aryl methyl sites for hydroxylation is 1. The molecule has 2 aromatic rings. The minimum atomic E-state index is -3.79. The van der Waals surface area contributed by atoms with Crippen molar-refractivity contribution in [2.24, 2.45) is 7.05 Å². The Kier molecular flexibility index (Phi) is 4.29. The molecule has 0 saturated carbocycles. The van der Waals surface area contributed by atoms with Gasteiger partial charge in [0, 0.05) is 24.0 Å². The highest BCUT2D eigenvalue weighted by Gasteiger charge is 2.18. The standard InChI is InChI=1S/C12H12Cl2N2O3S/c1-16-6-10(5-9(16)7-17)20(18,19)15-12-4-8(13)2-3-11(12)14/h2-6,15,17H,7H2,1H3. The predicted octanol–water partition coefficient (Wildman–Crippen LogP) is 2.63. The van der Waals surface area contributed by atoms with E-state index < -0.39 is 10.0 Å². The van der Waals surface area contributed by atoms with Gasteiger partial charge in [0.15, 0.2) is 0 Å². The van der Waals surface area contributed by atoms with Gasteiger partial charge in [-0.1, -0.05) is 23.2 Å². The lowest BCUT2D eigenvalue weighted by atomic mass is 10.3. The number of hydrogen-bond donors (Lipinski definition) is 2. The fourth-order valence-electron chi connectivity index (χ4n) is 1.66. The highest BCUT2D eigenvalue weighted by atomic mass is 35.5. The molecule has 1 heterocycles. The fraction of sp³-hybridized carbons (Fsp3) is 0.167. The zero-order chi connectivity index (χ0) is 14.9. The van der Waals surface area contributed by atoms with Gasteiger partial charge in [0.2, 0.25) is 0 Å². The fourth-order valence-corrected chi connectivity index (χ4v) is 3.22. The molecule has 0 radical (unpaired) electrons. The third-order valence-electron chi connectivity index (χ3n) is 2.73. The second-order valence-corrected chi connectivity index (χ2v) is 6.69. The Hall–Kier alpha value is -1.21. The lowest BCUT2D eigenvalue weighted by Gasteiger charge is -2.08. The van der Waals surface area contributed by atoms with Crippen molar-refractivity contribution in [2.45, 2.75) is 11.5 Å². The maximum atomic E-state index is 12.2. The van der Waals surface area contributed by atoms with E-state index in [4.69, 9.17) is 28.3 Å². The van der Waals surface area contributed by atoms with Crippen LogP contribution in [-0.2, 0) is 23.7 Å². The molecule has 2 N–H and O–H groups in total. The third-order valence-corrected chi connectivity index (χ3v) is 4.63. The molecule has 0 aliphatic rings. The molecule has 0 atom stereocenters. The third kappa shape index (κ3) is 3.09. The molecule has 20 heavy (non-hydrogen) atoms. The van der Waals surface area contributed by atoms with E-state index in [0.717, 1.165) is 0 Å². The average molecular weight is 335 g/mol. The first-order valence-corrected chi connectivity index (χ1v) is 7.81. The SMILES string of the molecule is Cn1cc(S(=O)(=O)Nc2cc(Cl)ccc2Cl)cc1CO. The van der Waals surface area contributed by atoms with E-state index in [9.17, 15) is 8.42 Å². The Morgan fingerprint density at radius 3 is 2.60 bits per heavy atom. The summed E-state index contributed by atoms with van der Waals surface area (Å²) in [6, 6.07) is 5.89. The van der Waals surface area contributed by atoms with Crippen molar-refractivity contribution >= 4 is 38.9 Å². The number of rotatable bonds is 4. The molecule has 2 rings (SSSR count). The minimum Gasteiger partial charge on any atom is -0.390 e. The van der Waals surface area contributed by atoms with Crippen LogP contribution in [0.15, 0.2) is 35.4 Å². The number of sulfonamides is 1. The Morgan fingerprint density at radius 2 is 2.00 bits per heavy atom. The number of benzene rings is 1. The van der Waals surface area contributed by atoms with Crippen LogP contribution in [0, 0.1) is 0 Å². The van der Waals surface area contributed by atoms with Crippen molar-refractivity contribution in [1.29, 1.82) is 0 Å². The van der Waals surface area contributed by atoms with Crippen LogP contribution >= 0.6 is 23.2 Å². The molecule has 108 valence electrons. The molecule has 0 saturated heterocycles. The summed E-state index contributed by atoms with van der Waals surface area (Å²) >= 11 is 11.7. The zero-order valence-electron chi connectivity index (χ0n) is 10.5. The summed E-state index contributed by atoms with van der Waals surface area (Å²) in [5.41, 5.74) is 0.691. The number of aliphatic hydroxyl groups is 1. The summed E-state index contributed by atoms with van der Waals surface area (Å²) in [4.78, 5) is 0.0418. The number of hydrogen-bond acceptors (Lipinski definition) is 3. The summed E-state index contributed by atoms with van der Waals surface area (Å²) in [6.45, 7) is -0.246. The van der Waals surface area contributed by atoms with Gasteiger partial charge in [-0.3, -0.25) is 4.72 Å². The Bertz CT molecular complexity index is 741. The van der Waals surface area contributed by atoms with Gasteiger partial charge in [0.25, 0.3) is 10.0 Å². The first kappa shape index (κ1) is 15.2. The van der Waals surface area contributed by atoms with Gasteiger partial charge in [-0.2, -0.15) is 0 Å². The topological polar surface area (TPSA) is 71.3 Å².